The van der Waals surface area contributed by atoms with Crippen LogP contribution in [0.1, 0.15) is 0 Å². The zero-order valence-corrected chi connectivity index (χ0v) is 33.4. The molecule has 8 rings (SSSR count). The molecule has 0 nitrogen and oxygen atoms in total. The summed E-state index contributed by atoms with van der Waals surface area (Å²) in [6.07, 6.45) is 0. The van der Waals surface area contributed by atoms with E-state index >= 15 is 0 Å². The fourth-order valence-electron chi connectivity index (χ4n) is 6.58. The van der Waals surface area contributed by atoms with Gasteiger partial charge >= 0.3 is 34.0 Å². The van der Waals surface area contributed by atoms with Crippen LogP contribution in [-0.2, 0) is 19.5 Å². The van der Waals surface area contributed by atoms with Gasteiger partial charge in [-0.05, 0) is 80.3 Å². The maximum atomic E-state index is 9.75. The van der Waals surface area contributed by atoms with Crippen LogP contribution in [0, 0.1) is 0 Å². The van der Waals surface area contributed by atoms with Crippen molar-refractivity contribution in [2.45, 2.75) is 0 Å². The van der Waals surface area contributed by atoms with Crippen LogP contribution < -0.4 is 31.8 Å². The van der Waals surface area contributed by atoms with Gasteiger partial charge in [0.15, 0.2) is 0 Å². The van der Waals surface area contributed by atoms with Gasteiger partial charge in [0, 0.05) is 0 Å². The Hall–Kier alpha value is -4.67. The molecule has 0 saturated carbocycles. The summed E-state index contributed by atoms with van der Waals surface area (Å²) in [7, 11) is -13.7. The van der Waals surface area contributed by atoms with Crippen molar-refractivity contribution in [1.29, 1.82) is 0 Å². The van der Waals surface area contributed by atoms with Gasteiger partial charge in [0.1, 0.15) is 0 Å². The van der Waals surface area contributed by atoms with E-state index in [0.29, 0.717) is 0 Å². The van der Waals surface area contributed by atoms with Crippen LogP contribution in [0.15, 0.2) is 194 Å². The van der Waals surface area contributed by atoms with E-state index in [2.05, 4.69) is 194 Å². The largest absolute Gasteiger partial charge is 2.00 e. The molecule has 0 aliphatic heterocycles. The van der Waals surface area contributed by atoms with Crippen molar-refractivity contribution in [2.75, 3.05) is 0 Å². The van der Waals surface area contributed by atoms with Gasteiger partial charge < -0.3 is 34.5 Å². The van der Waals surface area contributed by atoms with Crippen molar-refractivity contribution >= 4 is 83.7 Å². The first-order valence-corrected chi connectivity index (χ1v) is 20.1. The minimum absolute atomic E-state index is 0. The van der Waals surface area contributed by atoms with Crippen molar-refractivity contribution in [3.63, 3.8) is 0 Å². The van der Waals surface area contributed by atoms with Crippen LogP contribution in [0.25, 0.3) is 32.7 Å². The molecule has 57 heavy (non-hydrogen) atoms. The van der Waals surface area contributed by atoms with Crippen molar-refractivity contribution in [3.05, 3.63) is 194 Å². The van der Waals surface area contributed by atoms with Gasteiger partial charge in [0.05, 0.1) is 0 Å². The van der Waals surface area contributed by atoms with Crippen molar-refractivity contribution in [2.24, 2.45) is 0 Å². The van der Waals surface area contributed by atoms with Gasteiger partial charge in [-0.2, -0.15) is 0 Å². The maximum absolute atomic E-state index is 9.75. The number of hydrogen-bond acceptors (Lipinski definition) is 0. The molecule has 0 amide bonds. The SMILES string of the molecule is F[B-](F)(F)F.F[B-](F)(F)F.[Ru+2].c1ccc(P(c2ccccc2)c2ccc3ccccc3c2-c2c(P(c3ccccc3)c3ccccc3)ccc3ccccc23)cc1. The summed E-state index contributed by atoms with van der Waals surface area (Å²) in [5, 5.41) is 13.3. The summed E-state index contributed by atoms with van der Waals surface area (Å²) >= 11 is 0. The minimum Gasteiger partial charge on any atom is -0.418 e. The first-order chi connectivity index (χ1) is 26.9. The van der Waals surface area contributed by atoms with E-state index in [-0.39, 0.29) is 19.5 Å². The number of hydrogen-bond donors (Lipinski definition) is 0. The van der Waals surface area contributed by atoms with Gasteiger partial charge in [0.2, 0.25) is 0 Å². The molecule has 0 spiro atoms. The first kappa shape index (κ1) is 43.5. The Morgan fingerprint density at radius 1 is 0.281 bits per heavy atom. The van der Waals surface area contributed by atoms with Gasteiger partial charge in [-0.25, -0.2) is 0 Å². The summed E-state index contributed by atoms with van der Waals surface area (Å²) in [6, 6.07) is 71.8. The summed E-state index contributed by atoms with van der Waals surface area (Å²) < 4.78 is 78.0. The van der Waals surface area contributed by atoms with E-state index in [0.717, 1.165) is 0 Å². The molecule has 0 aromatic heterocycles. The second-order valence-corrected chi connectivity index (χ2v) is 16.7. The van der Waals surface area contributed by atoms with Crippen LogP contribution in [0.5, 0.6) is 0 Å². The van der Waals surface area contributed by atoms with Crippen LogP contribution >= 0.6 is 15.8 Å². The van der Waals surface area contributed by atoms with Gasteiger partial charge in [-0.15, -0.1) is 0 Å². The molecule has 288 valence electrons. The summed E-state index contributed by atoms with van der Waals surface area (Å²) in [4.78, 5) is 0. The zero-order valence-electron chi connectivity index (χ0n) is 29.9. The Kier molecular flexibility index (Phi) is 15.0. The van der Waals surface area contributed by atoms with E-state index in [4.69, 9.17) is 0 Å². The summed E-state index contributed by atoms with van der Waals surface area (Å²) in [6.45, 7) is 0. The smallest absolute Gasteiger partial charge is 0.418 e. The topological polar surface area (TPSA) is 0 Å². The number of halogens is 8. The van der Waals surface area contributed by atoms with Crippen LogP contribution in [0.2, 0.25) is 0 Å². The third-order valence-corrected chi connectivity index (χ3v) is 13.6. The molecule has 0 fully saturated rings. The third kappa shape index (κ3) is 11.7. The van der Waals surface area contributed by atoms with Gasteiger partial charge in [0.25, 0.3) is 0 Å². The fraction of sp³-hybridized carbons (Fsp3) is 0. The Bertz CT molecular complexity index is 2220. The van der Waals surface area contributed by atoms with Gasteiger partial charge in [-0.3, -0.25) is 0 Å². The summed E-state index contributed by atoms with van der Waals surface area (Å²) in [5.41, 5.74) is 2.70. The predicted molar refractivity (Wildman–Crippen MR) is 225 cm³/mol. The standard InChI is InChI=1S/C44H32P2.2BF4.Ru/c1-5-19-35(20-6-1)45(36-21-7-2-8-22-36)41-31-29-33-17-13-15-27-39(33)43(41)44-40-28-16-14-18-34(40)30-32-42(44)46(37-23-9-3-10-24-37)38-25-11-4-12-26-38;2*2-1(3,4)5;/h1-32H;;;/q;2*-1;+2. The number of fused-ring (bicyclic) bond motifs is 2. The molecule has 0 aliphatic rings. The average Bonchev–Trinajstić information content (AvgIpc) is 3.18. The van der Waals surface area contributed by atoms with Crippen LogP contribution in [0.3, 0.4) is 0 Å². The predicted octanol–water partition coefficient (Wildman–Crippen LogP) is 11.8. The van der Waals surface area contributed by atoms with E-state index in [1.54, 1.807) is 0 Å². The Labute approximate surface area is 341 Å². The number of rotatable bonds is 7. The Morgan fingerprint density at radius 3 is 0.772 bits per heavy atom. The van der Waals surface area contributed by atoms with Crippen LogP contribution in [-0.4, -0.2) is 14.5 Å². The van der Waals surface area contributed by atoms with Crippen LogP contribution in [0.4, 0.5) is 34.5 Å². The fourth-order valence-corrected chi connectivity index (χ4v) is 11.5. The quantitative estimate of drug-likeness (QED) is 0.0849. The van der Waals surface area contributed by atoms with Crippen molar-refractivity contribution < 1.29 is 54.0 Å². The molecule has 0 unspecified atom stereocenters. The maximum Gasteiger partial charge on any atom is 2.00 e. The molecule has 8 aromatic rings. The zero-order chi connectivity index (χ0) is 39.7. The summed E-state index contributed by atoms with van der Waals surface area (Å²) in [5.74, 6) is 0. The molecule has 13 heteroatoms. The van der Waals surface area contributed by atoms with Crippen molar-refractivity contribution in [3.8, 4) is 11.1 Å². The third-order valence-electron chi connectivity index (χ3n) is 8.60. The molecular weight excluding hydrogens is 865 g/mol. The molecule has 8 aromatic carbocycles. The molecule has 0 atom stereocenters. The molecule has 0 saturated heterocycles. The van der Waals surface area contributed by atoms with E-state index in [9.17, 15) is 34.5 Å². The number of benzene rings is 8. The normalized spacial score (nSPS) is 11.3. The van der Waals surface area contributed by atoms with E-state index in [1.807, 2.05) is 0 Å². The van der Waals surface area contributed by atoms with E-state index < -0.39 is 30.4 Å². The monoisotopic (exact) mass is 898 g/mol. The Balaban J connectivity index is 0.000000505. The second kappa shape index (κ2) is 19.7. The minimum atomic E-state index is -6.00. The Morgan fingerprint density at radius 2 is 0.509 bits per heavy atom. The van der Waals surface area contributed by atoms with Crippen molar-refractivity contribution in [1.82, 2.24) is 0 Å². The van der Waals surface area contributed by atoms with Gasteiger partial charge in [-0.1, -0.05) is 194 Å². The first-order valence-electron chi connectivity index (χ1n) is 17.5. The van der Waals surface area contributed by atoms with E-state index in [1.165, 1.54) is 64.5 Å². The molecule has 0 bridgehead atoms. The molecule has 0 aliphatic carbocycles. The second-order valence-electron chi connectivity index (χ2n) is 12.4. The molecule has 0 radical (unpaired) electrons. The molecular formula is C44H32B2F8P2Ru. The average molecular weight is 897 g/mol. The molecule has 0 N–H and O–H groups in total. The molecule has 0 heterocycles.